The van der Waals surface area contributed by atoms with Crippen molar-refractivity contribution in [1.29, 1.82) is 0 Å². The van der Waals surface area contributed by atoms with Crippen LogP contribution in [0.5, 0.6) is 5.75 Å². The van der Waals surface area contributed by atoms with Crippen LogP contribution in [0.1, 0.15) is 6.92 Å². The van der Waals surface area contributed by atoms with Crippen LogP contribution in [0.3, 0.4) is 0 Å². The highest BCUT2D eigenvalue weighted by molar-refractivity contribution is 6.32. The summed E-state index contributed by atoms with van der Waals surface area (Å²) in [5.74, 6) is 0.198. The molecule has 1 unspecified atom stereocenters. The van der Waals surface area contributed by atoms with Gasteiger partial charge in [-0.05, 0) is 25.1 Å². The first-order valence-corrected chi connectivity index (χ1v) is 6.57. The van der Waals surface area contributed by atoms with E-state index in [0.717, 1.165) is 26.2 Å². The van der Waals surface area contributed by atoms with Crippen LogP contribution in [0.15, 0.2) is 18.2 Å². The summed E-state index contributed by atoms with van der Waals surface area (Å²) in [6.45, 7) is 6.67. The summed E-state index contributed by atoms with van der Waals surface area (Å²) >= 11 is 5.89. The summed E-state index contributed by atoms with van der Waals surface area (Å²) in [7, 11) is 0. The molecule has 0 amide bonds. The molecule has 0 radical (unpaired) electrons. The Bertz CT molecular complexity index is 403. The van der Waals surface area contributed by atoms with Crippen molar-refractivity contribution in [3.63, 3.8) is 0 Å². The van der Waals surface area contributed by atoms with Crippen LogP contribution in [0.25, 0.3) is 0 Å². The Morgan fingerprint density at radius 2 is 2.39 bits per heavy atom. The molecule has 0 bridgehead atoms. The summed E-state index contributed by atoms with van der Waals surface area (Å²) in [6, 6.07) is 4.71. The largest absolute Gasteiger partial charge is 0.491 e. The molecule has 0 aliphatic carbocycles. The van der Waals surface area contributed by atoms with E-state index in [1.807, 2.05) is 0 Å². The lowest BCUT2D eigenvalue weighted by Crippen LogP contribution is -2.50. The van der Waals surface area contributed by atoms with E-state index in [0.29, 0.717) is 23.4 Å². The fraction of sp³-hybridized carbons (Fsp3) is 0.538. The number of rotatable bonds is 4. The van der Waals surface area contributed by atoms with Crippen molar-refractivity contribution in [2.24, 2.45) is 0 Å². The van der Waals surface area contributed by atoms with Gasteiger partial charge in [-0.1, -0.05) is 11.6 Å². The van der Waals surface area contributed by atoms with Gasteiger partial charge in [0.05, 0.1) is 5.02 Å². The molecule has 1 atom stereocenters. The lowest BCUT2D eigenvalue weighted by atomic mass is 10.2. The minimum atomic E-state index is -0.344. The van der Waals surface area contributed by atoms with E-state index in [1.165, 1.54) is 12.1 Å². The number of hydrogen-bond donors (Lipinski definition) is 1. The molecule has 1 aliphatic heterocycles. The Hall–Kier alpha value is -0.840. The molecular weight excluding hydrogens is 255 g/mol. The van der Waals surface area contributed by atoms with E-state index in [4.69, 9.17) is 16.3 Å². The highest BCUT2D eigenvalue weighted by atomic mass is 35.5. The smallest absolute Gasteiger partial charge is 0.138 e. The van der Waals surface area contributed by atoms with Crippen molar-refractivity contribution in [2.75, 3.05) is 32.8 Å². The molecule has 0 saturated carbocycles. The summed E-state index contributed by atoms with van der Waals surface area (Å²) < 4.78 is 18.4. The van der Waals surface area contributed by atoms with E-state index in [9.17, 15) is 4.39 Å². The molecular formula is C13H18ClFN2O. The molecule has 0 aromatic heterocycles. The molecule has 1 aromatic rings. The molecule has 18 heavy (non-hydrogen) atoms. The van der Waals surface area contributed by atoms with E-state index >= 15 is 0 Å². The van der Waals surface area contributed by atoms with Crippen LogP contribution < -0.4 is 10.1 Å². The minimum absolute atomic E-state index is 0.323. The van der Waals surface area contributed by atoms with E-state index in [-0.39, 0.29) is 5.82 Å². The van der Waals surface area contributed by atoms with Crippen LogP contribution in [0, 0.1) is 5.82 Å². The van der Waals surface area contributed by atoms with Gasteiger partial charge in [0.25, 0.3) is 0 Å². The minimum Gasteiger partial charge on any atom is -0.491 e. The van der Waals surface area contributed by atoms with Gasteiger partial charge in [-0.2, -0.15) is 0 Å². The number of nitrogens with one attached hydrogen (secondary N) is 1. The molecule has 1 fully saturated rings. The lowest BCUT2D eigenvalue weighted by molar-refractivity contribution is 0.143. The van der Waals surface area contributed by atoms with Gasteiger partial charge in [0.2, 0.25) is 0 Å². The summed E-state index contributed by atoms with van der Waals surface area (Å²) in [6.07, 6.45) is 0. The van der Waals surface area contributed by atoms with Gasteiger partial charge < -0.3 is 10.1 Å². The number of benzene rings is 1. The third-order valence-electron chi connectivity index (χ3n) is 3.17. The Morgan fingerprint density at radius 1 is 1.56 bits per heavy atom. The maximum atomic E-state index is 12.9. The van der Waals surface area contributed by atoms with Gasteiger partial charge in [-0.25, -0.2) is 4.39 Å². The first-order valence-electron chi connectivity index (χ1n) is 6.19. The molecule has 1 aliphatic rings. The second-order valence-electron chi connectivity index (χ2n) is 4.51. The zero-order chi connectivity index (χ0) is 13.0. The van der Waals surface area contributed by atoms with Crippen molar-refractivity contribution in [3.8, 4) is 5.75 Å². The zero-order valence-electron chi connectivity index (χ0n) is 10.5. The van der Waals surface area contributed by atoms with Crippen molar-refractivity contribution < 1.29 is 9.13 Å². The molecule has 2 rings (SSSR count). The zero-order valence-corrected chi connectivity index (χ0v) is 11.2. The summed E-state index contributed by atoms with van der Waals surface area (Å²) in [5, 5.41) is 3.67. The van der Waals surface area contributed by atoms with Crippen LogP contribution in [0.4, 0.5) is 4.39 Å². The molecule has 1 N–H and O–H groups in total. The molecule has 0 spiro atoms. The first kappa shape index (κ1) is 13.6. The Kier molecular flexibility index (Phi) is 4.80. The van der Waals surface area contributed by atoms with E-state index in [2.05, 4.69) is 17.1 Å². The number of piperazine rings is 1. The van der Waals surface area contributed by atoms with Gasteiger partial charge in [-0.3, -0.25) is 4.90 Å². The summed E-state index contributed by atoms with van der Waals surface area (Å²) in [4.78, 5) is 2.37. The van der Waals surface area contributed by atoms with Crippen molar-refractivity contribution in [1.82, 2.24) is 10.2 Å². The number of hydrogen-bond acceptors (Lipinski definition) is 3. The standard InChI is InChI=1S/C13H18ClFN2O/c1-10-9-16-4-5-17(10)6-7-18-13-3-2-11(15)8-12(13)14/h2-3,8,10,16H,4-7,9H2,1H3. The molecule has 1 aromatic carbocycles. The number of halogens is 2. The van der Waals surface area contributed by atoms with Crippen molar-refractivity contribution in [3.05, 3.63) is 29.0 Å². The Morgan fingerprint density at radius 3 is 3.11 bits per heavy atom. The average Bonchev–Trinajstić information content (AvgIpc) is 2.34. The fourth-order valence-corrected chi connectivity index (χ4v) is 2.30. The van der Waals surface area contributed by atoms with Gasteiger partial charge in [0.15, 0.2) is 0 Å². The molecule has 100 valence electrons. The predicted octanol–water partition coefficient (Wildman–Crippen LogP) is 2.15. The highest BCUT2D eigenvalue weighted by Gasteiger charge is 2.17. The van der Waals surface area contributed by atoms with Gasteiger partial charge in [0.1, 0.15) is 18.2 Å². The fourth-order valence-electron chi connectivity index (χ4n) is 2.08. The topological polar surface area (TPSA) is 24.5 Å². The third kappa shape index (κ3) is 3.57. The van der Waals surface area contributed by atoms with Gasteiger partial charge in [-0.15, -0.1) is 0 Å². The van der Waals surface area contributed by atoms with E-state index < -0.39 is 0 Å². The molecule has 1 saturated heterocycles. The van der Waals surface area contributed by atoms with Crippen LogP contribution in [-0.4, -0.2) is 43.7 Å². The number of nitrogens with zero attached hydrogens (tertiary/aromatic N) is 1. The average molecular weight is 273 g/mol. The molecule has 3 nitrogen and oxygen atoms in total. The highest BCUT2D eigenvalue weighted by Crippen LogP contribution is 2.24. The maximum absolute atomic E-state index is 12.9. The lowest BCUT2D eigenvalue weighted by Gasteiger charge is -2.33. The van der Waals surface area contributed by atoms with Crippen molar-refractivity contribution in [2.45, 2.75) is 13.0 Å². The Balaban J connectivity index is 1.81. The van der Waals surface area contributed by atoms with Crippen molar-refractivity contribution >= 4 is 11.6 Å². The second-order valence-corrected chi connectivity index (χ2v) is 4.92. The van der Waals surface area contributed by atoms with Crippen LogP contribution >= 0.6 is 11.6 Å². The normalized spacial score (nSPS) is 20.9. The summed E-state index contributed by atoms with van der Waals surface area (Å²) in [5.41, 5.74) is 0. The van der Waals surface area contributed by atoms with Gasteiger partial charge in [0, 0.05) is 32.2 Å². The van der Waals surface area contributed by atoms with Crippen LogP contribution in [-0.2, 0) is 0 Å². The third-order valence-corrected chi connectivity index (χ3v) is 3.46. The van der Waals surface area contributed by atoms with E-state index in [1.54, 1.807) is 6.07 Å². The van der Waals surface area contributed by atoms with Gasteiger partial charge >= 0.3 is 0 Å². The second kappa shape index (κ2) is 6.36. The first-order chi connectivity index (χ1) is 8.66. The Labute approximate surface area is 112 Å². The maximum Gasteiger partial charge on any atom is 0.138 e. The predicted molar refractivity (Wildman–Crippen MR) is 70.8 cm³/mol. The molecule has 1 heterocycles. The monoisotopic (exact) mass is 272 g/mol. The quantitative estimate of drug-likeness (QED) is 0.909. The SMILES string of the molecule is CC1CNCCN1CCOc1ccc(F)cc1Cl. The van der Waals surface area contributed by atoms with Crippen LogP contribution in [0.2, 0.25) is 5.02 Å². The molecule has 5 heteroatoms. The number of ether oxygens (including phenoxy) is 1.